The third-order valence-electron chi connectivity index (χ3n) is 21.5. The lowest BCUT2D eigenvalue weighted by Gasteiger charge is -2.16. The van der Waals surface area contributed by atoms with Gasteiger partial charge in [0.2, 0.25) is 0 Å². The van der Waals surface area contributed by atoms with E-state index >= 15 is 0 Å². The molecule has 0 spiro atoms. The van der Waals surface area contributed by atoms with Gasteiger partial charge in [0.05, 0.1) is 55.2 Å². The molecule has 614 valence electrons. The first-order valence-electron chi connectivity index (χ1n) is 39.6. The average Bonchev–Trinajstić information content (AvgIpc) is 1.58. The van der Waals surface area contributed by atoms with E-state index < -0.39 is 7.12 Å². The summed E-state index contributed by atoms with van der Waals surface area (Å²) in [7, 11) is -1.53. The monoisotopic (exact) mass is 2480 g/mol. The first-order chi connectivity index (χ1) is 61.0. The maximum absolute atomic E-state index is 9.93. The van der Waals surface area contributed by atoms with Crippen molar-refractivity contribution in [2.24, 2.45) is 0 Å². The standard InChI is InChI=1S/C36H25BN2O2.C36H23BrN2.C24H16BrN.C6H4BrI.5CH3I/c40-37(41)26-11-9-10-24(20-26)25-21-27(38-33-16-5-1-12-29(33)30-13-2-6-17-34(30)38)23-28(22-25)39-35-18-7-3-14-31(35)32-15-4-8-19-36(32)39;37-26-11-9-10-24(20-26)25-21-27(38-33-16-5-1-12-29(33)30-13-2-6-17-34(30)38)23-28(22-25)39-35-18-7-3-14-31(35)32-15-4-8-19-36(32)39;25-19-7-5-6-18(16-19)17-12-14-20(15-13-17)26-23-10-3-1-8-21(23)22-9-2-4-11-24(22)26;7-5-2-1-3-6(8)4-5;5*1-2/h1-23,40-41H;1-23H;1-16H;1-4H;5*1H3. The quantitative estimate of drug-likeness (QED) is 0.0859. The molecule has 22 aromatic rings. The molecule has 0 aliphatic heterocycles. The van der Waals surface area contributed by atoms with Crippen LogP contribution in [0.5, 0.6) is 0 Å². The van der Waals surface area contributed by atoms with E-state index in [2.05, 4.69) is 570 Å². The van der Waals surface area contributed by atoms with Gasteiger partial charge in [0.1, 0.15) is 0 Å². The molecule has 0 radical (unpaired) electrons. The molecule has 5 aromatic heterocycles. The fourth-order valence-electron chi connectivity index (χ4n) is 16.5. The number of hydrogen-bond donors (Lipinski definition) is 2. The van der Waals surface area contributed by atoms with E-state index in [1.54, 1.807) is 6.07 Å². The van der Waals surface area contributed by atoms with Gasteiger partial charge >= 0.3 is 7.12 Å². The fourth-order valence-corrected chi connectivity index (χ4v) is 18.7. The van der Waals surface area contributed by atoms with E-state index in [0.717, 1.165) is 69.4 Å². The Labute approximate surface area is 830 Å². The van der Waals surface area contributed by atoms with Crippen LogP contribution in [-0.4, -0.2) is 64.7 Å². The van der Waals surface area contributed by atoms with Crippen LogP contribution in [0.2, 0.25) is 0 Å². The molecule has 0 fully saturated rings. The zero-order valence-electron chi connectivity index (χ0n) is 68.2. The molecule has 0 unspecified atom stereocenters. The maximum atomic E-state index is 9.93. The van der Waals surface area contributed by atoms with Crippen LogP contribution in [0.15, 0.2) is 414 Å². The Hall–Kier alpha value is -8.46. The van der Waals surface area contributed by atoms with E-state index in [1.807, 2.05) is 55.0 Å². The number of hydrogen-bond acceptors (Lipinski definition) is 2. The van der Waals surface area contributed by atoms with Crippen molar-refractivity contribution in [1.29, 1.82) is 0 Å². The predicted molar refractivity (Wildman–Crippen MR) is 599 cm³/mol. The number of alkyl halides is 5. The fraction of sp³-hybridized carbons (Fsp3) is 0.0467. The minimum Gasteiger partial charge on any atom is -0.423 e. The molecule has 0 aliphatic carbocycles. The molecule has 0 saturated heterocycles. The van der Waals surface area contributed by atoms with Crippen LogP contribution in [0, 0.1) is 3.57 Å². The minimum absolute atomic E-state index is 0.461. The van der Waals surface area contributed by atoms with Crippen molar-refractivity contribution in [3.05, 3.63) is 417 Å². The number of aromatic nitrogens is 5. The van der Waals surface area contributed by atoms with Gasteiger partial charge in [-0.25, -0.2) is 0 Å². The number of nitrogens with zero attached hydrogens (tertiary/aromatic N) is 5. The van der Waals surface area contributed by atoms with Crippen molar-refractivity contribution in [1.82, 2.24) is 22.8 Å². The molecule has 0 saturated carbocycles. The molecular weight excluding hydrogens is 2400 g/mol. The Morgan fingerprint density at radius 3 is 0.645 bits per heavy atom. The van der Waals surface area contributed by atoms with Crippen molar-refractivity contribution < 1.29 is 10.0 Å². The second-order valence-corrected chi connectivity index (χ2v) is 32.3. The van der Waals surface area contributed by atoms with Crippen LogP contribution in [0.25, 0.3) is 171 Å². The molecular formula is C107H83BBr3I6N5O2. The van der Waals surface area contributed by atoms with Gasteiger partial charge in [-0.3, -0.25) is 0 Å². The van der Waals surface area contributed by atoms with Gasteiger partial charge in [-0.1, -0.05) is 409 Å². The first kappa shape index (κ1) is 91.7. The average molecular weight is 2480 g/mol. The summed E-state index contributed by atoms with van der Waals surface area (Å²) in [5.41, 5.74) is 24.5. The zero-order chi connectivity index (χ0) is 86.9. The van der Waals surface area contributed by atoms with Crippen molar-refractivity contribution in [3.8, 4) is 61.8 Å². The molecule has 2 N–H and O–H groups in total. The van der Waals surface area contributed by atoms with E-state index in [0.29, 0.717) is 5.46 Å². The predicted octanol–water partition coefficient (Wildman–Crippen LogP) is 33.1. The van der Waals surface area contributed by atoms with E-state index in [4.69, 9.17) is 0 Å². The van der Waals surface area contributed by atoms with Crippen LogP contribution in [0.3, 0.4) is 0 Å². The molecule has 17 heteroatoms. The highest BCUT2D eigenvalue weighted by atomic mass is 127. The number of halogens is 9. The van der Waals surface area contributed by atoms with Gasteiger partial charge in [0, 0.05) is 99.3 Å². The molecule has 5 heterocycles. The van der Waals surface area contributed by atoms with E-state index in [1.165, 1.54) is 118 Å². The summed E-state index contributed by atoms with van der Waals surface area (Å²) in [4.78, 5) is 9.85. The van der Waals surface area contributed by atoms with Crippen molar-refractivity contribution in [2.45, 2.75) is 0 Å². The van der Waals surface area contributed by atoms with Gasteiger partial charge in [-0.2, -0.15) is 0 Å². The Kier molecular flexibility index (Phi) is 32.4. The SMILES string of the molecule is Brc1cccc(-c2cc(-n3c4ccccc4c4ccccc43)cc(-n3c4ccccc4c4ccccc43)c2)c1.Brc1cccc(-c2ccc(-n3c4ccccc4c4ccccc43)cc2)c1.Brc1cccc(I)c1.CI.CI.CI.CI.CI.OB(O)c1cccc(-c2cc(-n3c4ccccc4c4ccccc43)cc(-n3c4ccccc4c4ccccc43)c2)c1. The molecule has 7 nitrogen and oxygen atoms in total. The lowest BCUT2D eigenvalue weighted by Crippen LogP contribution is -2.29. The zero-order valence-corrected chi connectivity index (χ0v) is 85.9. The Morgan fingerprint density at radius 1 is 0.194 bits per heavy atom. The van der Waals surface area contributed by atoms with Crippen LogP contribution >= 0.6 is 183 Å². The van der Waals surface area contributed by atoms with E-state index in [9.17, 15) is 10.0 Å². The third kappa shape index (κ3) is 19.5. The number of rotatable bonds is 9. The van der Waals surface area contributed by atoms with Crippen molar-refractivity contribution in [2.75, 3.05) is 24.7 Å². The molecule has 22 rings (SSSR count). The lowest BCUT2D eigenvalue weighted by molar-refractivity contribution is 0.426. The second-order valence-electron chi connectivity index (χ2n) is 28.3. The Morgan fingerprint density at radius 2 is 0.411 bits per heavy atom. The molecule has 124 heavy (non-hydrogen) atoms. The summed E-state index contributed by atoms with van der Waals surface area (Å²) in [6.07, 6.45) is 0. The molecule has 0 amide bonds. The van der Waals surface area contributed by atoms with Crippen LogP contribution in [0.4, 0.5) is 0 Å². The van der Waals surface area contributed by atoms with Crippen LogP contribution < -0.4 is 5.46 Å². The van der Waals surface area contributed by atoms with Gasteiger partial charge in [-0.05, 0) is 238 Å². The lowest BCUT2D eigenvalue weighted by atomic mass is 9.79. The molecule has 17 aromatic carbocycles. The van der Waals surface area contributed by atoms with Crippen molar-refractivity contribution >= 4 is 305 Å². The van der Waals surface area contributed by atoms with Gasteiger partial charge in [0.15, 0.2) is 0 Å². The van der Waals surface area contributed by atoms with Gasteiger partial charge < -0.3 is 32.9 Å². The summed E-state index contributed by atoms with van der Waals surface area (Å²) in [5, 5.41) is 32.3. The smallest absolute Gasteiger partial charge is 0.423 e. The Bertz CT molecular complexity index is 6920. The first-order valence-corrected chi connectivity index (χ1v) is 53.9. The summed E-state index contributed by atoms with van der Waals surface area (Å²) >= 11 is 23.6. The maximum Gasteiger partial charge on any atom is 0.488 e. The normalized spacial score (nSPS) is 10.7. The summed E-state index contributed by atoms with van der Waals surface area (Å²) in [6.45, 7) is 0. The number of benzene rings is 17. The summed E-state index contributed by atoms with van der Waals surface area (Å²) in [5.74, 6) is 0. The Balaban J connectivity index is 0.000000140. The highest BCUT2D eigenvalue weighted by Gasteiger charge is 2.22. The summed E-state index contributed by atoms with van der Waals surface area (Å²) in [6, 6.07) is 141. The second kappa shape index (κ2) is 43.8. The van der Waals surface area contributed by atoms with Crippen molar-refractivity contribution in [3.63, 3.8) is 0 Å². The highest BCUT2D eigenvalue weighted by Crippen LogP contribution is 2.42. The topological polar surface area (TPSA) is 65.1 Å². The third-order valence-corrected chi connectivity index (χ3v) is 23.6. The molecule has 0 bridgehead atoms. The summed E-state index contributed by atoms with van der Waals surface area (Å²) < 4.78 is 16.4. The van der Waals surface area contributed by atoms with Crippen LogP contribution in [-0.2, 0) is 0 Å². The number of fused-ring (bicyclic) bond motifs is 15. The van der Waals surface area contributed by atoms with Gasteiger partial charge in [0.25, 0.3) is 0 Å². The van der Waals surface area contributed by atoms with Crippen LogP contribution in [0.1, 0.15) is 0 Å². The largest absolute Gasteiger partial charge is 0.488 e. The highest BCUT2D eigenvalue weighted by molar-refractivity contribution is 14.1. The molecule has 0 atom stereocenters. The van der Waals surface area contributed by atoms with Gasteiger partial charge in [-0.15, -0.1) is 0 Å². The number of para-hydroxylation sites is 10. The van der Waals surface area contributed by atoms with E-state index in [-0.39, 0.29) is 0 Å². The minimum atomic E-state index is -1.53. The molecule has 0 aliphatic rings.